The Bertz CT molecular complexity index is 868. The van der Waals surface area contributed by atoms with Crippen LogP contribution in [0.15, 0.2) is 52.0 Å². The van der Waals surface area contributed by atoms with Crippen molar-refractivity contribution in [3.63, 3.8) is 0 Å². The van der Waals surface area contributed by atoms with E-state index in [2.05, 4.69) is 0 Å². The van der Waals surface area contributed by atoms with Crippen LogP contribution in [0.2, 0.25) is 0 Å². The lowest BCUT2D eigenvalue weighted by Gasteiger charge is -2.08. The van der Waals surface area contributed by atoms with Crippen LogP contribution in [0.1, 0.15) is 17.7 Å². The van der Waals surface area contributed by atoms with Gasteiger partial charge in [-0.3, -0.25) is 0 Å². The summed E-state index contributed by atoms with van der Waals surface area (Å²) in [4.78, 5) is 0. The topological polar surface area (TPSA) is 84.7 Å². The lowest BCUT2D eigenvalue weighted by Crippen LogP contribution is -2.21. The average Bonchev–Trinajstić information content (AvgIpc) is 2.96. The maximum atomic E-state index is 12.2. The summed E-state index contributed by atoms with van der Waals surface area (Å²) in [5, 5.41) is -0.248. The van der Waals surface area contributed by atoms with E-state index in [4.69, 9.17) is 4.42 Å². The van der Waals surface area contributed by atoms with Crippen molar-refractivity contribution in [3.8, 4) is 0 Å². The normalized spacial score (nSPS) is 12.6. The molecule has 0 aliphatic carbocycles. The largest absolute Gasteiger partial charge is 0.447 e. The highest BCUT2D eigenvalue weighted by molar-refractivity contribution is 7.90. The predicted octanol–water partition coefficient (Wildman–Crippen LogP) is 2.08. The Morgan fingerprint density at radius 3 is 2.25 bits per heavy atom. The molecular formula is C16H21NO5S2. The van der Waals surface area contributed by atoms with E-state index in [1.807, 2.05) is 30.3 Å². The molecule has 0 bridgehead atoms. The first-order valence-corrected chi connectivity index (χ1v) is 10.7. The van der Waals surface area contributed by atoms with Gasteiger partial charge in [0.05, 0.1) is 5.75 Å². The quantitative estimate of drug-likeness (QED) is 0.709. The maximum Gasteiger partial charge on any atom is 0.275 e. The number of nitrogens with zero attached hydrogens (tertiary/aromatic N) is 1. The molecule has 1 aromatic carbocycles. The fourth-order valence-corrected chi connectivity index (χ4v) is 4.31. The molecule has 0 unspecified atom stereocenters. The van der Waals surface area contributed by atoms with E-state index in [0.717, 1.165) is 9.87 Å². The van der Waals surface area contributed by atoms with E-state index in [9.17, 15) is 16.8 Å². The van der Waals surface area contributed by atoms with E-state index in [1.165, 1.54) is 26.2 Å². The minimum absolute atomic E-state index is 0.0261. The van der Waals surface area contributed by atoms with Gasteiger partial charge in [-0.2, -0.15) is 0 Å². The molecule has 6 nitrogen and oxygen atoms in total. The van der Waals surface area contributed by atoms with Gasteiger partial charge in [0.1, 0.15) is 11.5 Å². The third-order valence-electron chi connectivity index (χ3n) is 3.50. The van der Waals surface area contributed by atoms with E-state index in [1.54, 1.807) is 0 Å². The SMILES string of the molecule is CN(C)S(=O)(=O)c1ccc(CS(=O)(=O)CCCc2ccccc2)o1. The predicted molar refractivity (Wildman–Crippen MR) is 91.8 cm³/mol. The van der Waals surface area contributed by atoms with Crippen LogP contribution >= 0.6 is 0 Å². The number of hydrogen-bond donors (Lipinski definition) is 0. The average molecular weight is 371 g/mol. The monoisotopic (exact) mass is 371 g/mol. The van der Waals surface area contributed by atoms with Crippen LogP contribution in [-0.2, 0) is 32.0 Å². The second kappa shape index (κ2) is 7.50. The molecule has 0 saturated carbocycles. The molecular weight excluding hydrogens is 350 g/mol. The molecule has 2 aromatic rings. The smallest absolute Gasteiger partial charge is 0.275 e. The molecule has 0 amide bonds. The zero-order valence-electron chi connectivity index (χ0n) is 13.7. The molecule has 0 saturated heterocycles. The van der Waals surface area contributed by atoms with Crippen molar-refractivity contribution in [1.82, 2.24) is 4.31 Å². The Kier molecular flexibility index (Phi) is 5.84. The number of furan rings is 1. The summed E-state index contributed by atoms with van der Waals surface area (Å²) >= 11 is 0. The molecule has 132 valence electrons. The van der Waals surface area contributed by atoms with Crippen molar-refractivity contribution in [1.29, 1.82) is 0 Å². The molecule has 0 aliphatic heterocycles. The van der Waals surface area contributed by atoms with E-state index in [-0.39, 0.29) is 22.4 Å². The van der Waals surface area contributed by atoms with Crippen LogP contribution in [0.3, 0.4) is 0 Å². The van der Waals surface area contributed by atoms with E-state index < -0.39 is 19.9 Å². The summed E-state index contributed by atoms with van der Waals surface area (Å²) in [6, 6.07) is 12.3. The number of hydrogen-bond acceptors (Lipinski definition) is 5. The standard InChI is InChI=1S/C16H21NO5S2/c1-17(2)24(20,21)16-11-10-15(22-16)13-23(18,19)12-6-9-14-7-4-3-5-8-14/h3-5,7-8,10-11H,6,9,12-13H2,1-2H3. The minimum atomic E-state index is -3.69. The van der Waals surface area contributed by atoms with Crippen molar-refractivity contribution in [2.24, 2.45) is 0 Å². The van der Waals surface area contributed by atoms with Gasteiger partial charge in [0.25, 0.3) is 10.0 Å². The Hall–Kier alpha value is -1.64. The van der Waals surface area contributed by atoms with E-state index >= 15 is 0 Å². The second-order valence-corrected chi connectivity index (χ2v) is 9.96. The lowest BCUT2D eigenvalue weighted by molar-refractivity contribution is 0.406. The van der Waals surface area contributed by atoms with Crippen LogP contribution in [0, 0.1) is 0 Å². The van der Waals surface area contributed by atoms with Crippen molar-refractivity contribution in [2.75, 3.05) is 19.8 Å². The summed E-state index contributed by atoms with van der Waals surface area (Å²) in [5.74, 6) is -0.140. The number of rotatable bonds is 8. The van der Waals surface area contributed by atoms with Crippen LogP contribution in [0.25, 0.3) is 0 Å². The molecule has 0 radical (unpaired) electrons. The van der Waals surface area contributed by atoms with Gasteiger partial charge in [-0.25, -0.2) is 21.1 Å². The van der Waals surface area contributed by atoms with Crippen molar-refractivity contribution >= 4 is 19.9 Å². The van der Waals surface area contributed by atoms with Crippen LogP contribution < -0.4 is 0 Å². The fraction of sp³-hybridized carbons (Fsp3) is 0.375. The van der Waals surface area contributed by atoms with E-state index in [0.29, 0.717) is 12.8 Å². The molecule has 2 rings (SSSR count). The number of aryl methyl sites for hydroxylation is 1. The number of benzene rings is 1. The third-order valence-corrected chi connectivity index (χ3v) is 6.82. The fourth-order valence-electron chi connectivity index (χ4n) is 2.18. The van der Waals surface area contributed by atoms with Gasteiger partial charge < -0.3 is 4.42 Å². The third kappa shape index (κ3) is 4.93. The van der Waals surface area contributed by atoms with Crippen molar-refractivity contribution in [2.45, 2.75) is 23.7 Å². The summed E-state index contributed by atoms with van der Waals surface area (Å²) in [5.41, 5.74) is 1.09. The lowest BCUT2D eigenvalue weighted by atomic mass is 10.1. The molecule has 0 fully saturated rings. The first kappa shape index (κ1) is 18.7. The van der Waals surface area contributed by atoms with Crippen molar-refractivity contribution in [3.05, 3.63) is 53.8 Å². The molecule has 0 N–H and O–H groups in total. The minimum Gasteiger partial charge on any atom is -0.447 e. The number of sulfonamides is 1. The molecule has 1 aromatic heterocycles. The molecule has 1 heterocycles. The van der Waals surface area contributed by atoms with Gasteiger partial charge in [0, 0.05) is 14.1 Å². The highest BCUT2D eigenvalue weighted by atomic mass is 32.2. The van der Waals surface area contributed by atoms with Gasteiger partial charge in [-0.05, 0) is 30.5 Å². The first-order valence-electron chi connectivity index (χ1n) is 7.46. The van der Waals surface area contributed by atoms with Gasteiger partial charge in [0.15, 0.2) is 9.84 Å². The summed E-state index contributed by atoms with van der Waals surface area (Å²) in [7, 11) is -4.28. The summed E-state index contributed by atoms with van der Waals surface area (Å²) in [6.45, 7) is 0. The molecule has 0 atom stereocenters. The second-order valence-electron chi connectivity index (χ2n) is 5.69. The van der Waals surface area contributed by atoms with Gasteiger partial charge in [0.2, 0.25) is 5.09 Å². The van der Waals surface area contributed by atoms with Gasteiger partial charge in [-0.15, -0.1) is 0 Å². The molecule has 0 spiro atoms. The summed E-state index contributed by atoms with van der Waals surface area (Å²) < 4.78 is 54.4. The zero-order chi connectivity index (χ0) is 17.8. The zero-order valence-corrected chi connectivity index (χ0v) is 15.3. The maximum absolute atomic E-state index is 12.2. The van der Waals surface area contributed by atoms with Crippen LogP contribution in [0.5, 0.6) is 0 Å². The van der Waals surface area contributed by atoms with Crippen LogP contribution in [0.4, 0.5) is 0 Å². The Morgan fingerprint density at radius 2 is 1.62 bits per heavy atom. The first-order chi connectivity index (χ1) is 11.2. The molecule has 0 aliphatic rings. The summed E-state index contributed by atoms with van der Waals surface area (Å²) in [6.07, 6.45) is 1.19. The Morgan fingerprint density at radius 1 is 0.958 bits per heavy atom. The highest BCUT2D eigenvalue weighted by Gasteiger charge is 2.23. The van der Waals surface area contributed by atoms with Crippen molar-refractivity contribution < 1.29 is 21.3 Å². The Balaban J connectivity index is 1.96. The molecule has 24 heavy (non-hydrogen) atoms. The van der Waals surface area contributed by atoms with Gasteiger partial charge in [-0.1, -0.05) is 30.3 Å². The number of sulfone groups is 1. The Labute approximate surface area is 143 Å². The van der Waals surface area contributed by atoms with Gasteiger partial charge >= 0.3 is 0 Å². The van der Waals surface area contributed by atoms with Crippen LogP contribution in [-0.4, -0.2) is 41.0 Å². The highest BCUT2D eigenvalue weighted by Crippen LogP contribution is 2.19. The molecule has 8 heteroatoms.